The van der Waals surface area contributed by atoms with Crippen LogP contribution in [0.5, 0.6) is 0 Å². The van der Waals surface area contributed by atoms with Crippen molar-refractivity contribution in [2.75, 3.05) is 6.61 Å². The Kier molecular flexibility index (Phi) is 6.51. The van der Waals surface area contributed by atoms with Crippen molar-refractivity contribution in [3.63, 3.8) is 0 Å². The molecule has 0 aliphatic rings. The Morgan fingerprint density at radius 1 is 1.08 bits per heavy atom. The molecule has 132 valence electrons. The maximum absolute atomic E-state index is 11.9. The Labute approximate surface area is 145 Å². The minimum atomic E-state index is -1.11. The molecule has 0 unspecified atom stereocenters. The number of carbonyl (C=O) groups excluding carboxylic acids is 2. The van der Waals surface area contributed by atoms with Crippen LogP contribution in [0.2, 0.25) is 0 Å². The highest BCUT2D eigenvalue weighted by Gasteiger charge is 2.21. The van der Waals surface area contributed by atoms with E-state index < -0.39 is 23.9 Å². The van der Waals surface area contributed by atoms with Crippen LogP contribution in [-0.2, 0) is 25.5 Å². The van der Waals surface area contributed by atoms with E-state index in [-0.39, 0.29) is 25.9 Å². The number of amides is 1. The quantitative estimate of drug-likeness (QED) is 0.718. The largest absolute Gasteiger partial charge is 0.480 e. The van der Waals surface area contributed by atoms with Gasteiger partial charge in [0.1, 0.15) is 6.04 Å². The molecule has 25 heavy (non-hydrogen) atoms. The van der Waals surface area contributed by atoms with E-state index in [9.17, 15) is 19.5 Å². The number of hydrogen-bond acceptors (Lipinski definition) is 4. The van der Waals surface area contributed by atoms with Gasteiger partial charge in [0, 0.05) is 12.8 Å². The minimum absolute atomic E-state index is 0.0692. The summed E-state index contributed by atoms with van der Waals surface area (Å²) in [4.78, 5) is 34.7. The summed E-state index contributed by atoms with van der Waals surface area (Å²) in [7, 11) is 0. The molecule has 2 aromatic carbocycles. The van der Waals surface area contributed by atoms with E-state index in [0.717, 1.165) is 16.3 Å². The molecule has 2 aromatic rings. The van der Waals surface area contributed by atoms with Crippen molar-refractivity contribution in [1.82, 2.24) is 5.32 Å². The number of rotatable bonds is 8. The highest BCUT2D eigenvalue weighted by atomic mass is 16.5. The van der Waals surface area contributed by atoms with Gasteiger partial charge in [-0.1, -0.05) is 42.5 Å². The summed E-state index contributed by atoms with van der Waals surface area (Å²) in [6, 6.07) is 12.3. The second-order valence-corrected chi connectivity index (χ2v) is 5.61. The van der Waals surface area contributed by atoms with E-state index in [4.69, 9.17) is 4.74 Å². The van der Waals surface area contributed by atoms with Gasteiger partial charge in [0.25, 0.3) is 0 Å². The Balaban J connectivity index is 2.04. The van der Waals surface area contributed by atoms with E-state index in [1.807, 2.05) is 42.5 Å². The van der Waals surface area contributed by atoms with Crippen molar-refractivity contribution in [1.29, 1.82) is 0 Å². The first-order valence-electron chi connectivity index (χ1n) is 8.15. The van der Waals surface area contributed by atoms with Gasteiger partial charge >= 0.3 is 11.9 Å². The summed E-state index contributed by atoms with van der Waals surface area (Å²) in [5.41, 5.74) is 0.844. The first kappa shape index (κ1) is 18.4. The summed E-state index contributed by atoms with van der Waals surface area (Å²) in [5.74, 6) is -2.07. The minimum Gasteiger partial charge on any atom is -0.480 e. The standard InChI is InChI=1S/C19H21NO5/c1-2-25-18(22)11-10-17(21)20-16(19(23)24)12-14-8-5-7-13-6-3-4-9-15(13)14/h3-9,16H,2,10-12H2,1H3,(H,20,21)(H,23,24)/t16-/m1/s1. The molecule has 1 atom stereocenters. The van der Waals surface area contributed by atoms with Crippen LogP contribution in [0.25, 0.3) is 10.8 Å². The average molecular weight is 343 g/mol. The predicted molar refractivity (Wildman–Crippen MR) is 93.1 cm³/mol. The van der Waals surface area contributed by atoms with Crippen LogP contribution in [0.15, 0.2) is 42.5 Å². The number of carbonyl (C=O) groups is 3. The highest BCUT2D eigenvalue weighted by Crippen LogP contribution is 2.20. The number of carboxylic acid groups (broad SMARTS) is 1. The van der Waals surface area contributed by atoms with Crippen molar-refractivity contribution in [3.8, 4) is 0 Å². The third-order valence-electron chi connectivity index (χ3n) is 3.80. The molecule has 0 heterocycles. The average Bonchev–Trinajstić information content (AvgIpc) is 2.60. The summed E-state index contributed by atoms with van der Waals surface area (Å²) in [6.45, 7) is 1.93. The van der Waals surface area contributed by atoms with Crippen molar-refractivity contribution in [2.24, 2.45) is 0 Å². The maximum atomic E-state index is 11.9. The summed E-state index contributed by atoms with van der Waals surface area (Å²) >= 11 is 0. The van der Waals surface area contributed by atoms with Crippen molar-refractivity contribution >= 4 is 28.6 Å². The van der Waals surface area contributed by atoms with E-state index in [0.29, 0.717) is 0 Å². The lowest BCUT2D eigenvalue weighted by Gasteiger charge is -2.16. The third-order valence-corrected chi connectivity index (χ3v) is 3.80. The molecular formula is C19H21NO5. The number of nitrogens with one attached hydrogen (secondary N) is 1. The van der Waals surface area contributed by atoms with E-state index >= 15 is 0 Å². The van der Waals surface area contributed by atoms with Crippen LogP contribution in [0.4, 0.5) is 0 Å². The summed E-state index contributed by atoms with van der Waals surface area (Å²) in [5, 5.41) is 13.9. The fraction of sp³-hybridized carbons (Fsp3) is 0.316. The number of ether oxygens (including phenoxy) is 1. The first-order chi connectivity index (χ1) is 12.0. The first-order valence-corrected chi connectivity index (χ1v) is 8.15. The molecule has 0 saturated carbocycles. The zero-order chi connectivity index (χ0) is 18.2. The Morgan fingerprint density at radius 3 is 2.52 bits per heavy atom. The molecule has 2 rings (SSSR count). The van der Waals surface area contributed by atoms with E-state index in [1.54, 1.807) is 6.92 Å². The van der Waals surface area contributed by atoms with Crippen LogP contribution in [0.1, 0.15) is 25.3 Å². The van der Waals surface area contributed by atoms with Gasteiger partial charge in [0.15, 0.2) is 0 Å². The van der Waals surface area contributed by atoms with E-state index in [1.165, 1.54) is 0 Å². The number of esters is 1. The van der Waals surface area contributed by atoms with Crippen LogP contribution >= 0.6 is 0 Å². The Morgan fingerprint density at radius 2 is 1.80 bits per heavy atom. The number of benzene rings is 2. The number of carboxylic acids is 1. The van der Waals surface area contributed by atoms with Gasteiger partial charge in [-0.2, -0.15) is 0 Å². The van der Waals surface area contributed by atoms with Crippen LogP contribution in [0.3, 0.4) is 0 Å². The second kappa shape index (κ2) is 8.82. The predicted octanol–water partition coefficient (Wildman–Crippen LogP) is 2.29. The molecule has 0 saturated heterocycles. The van der Waals surface area contributed by atoms with Gasteiger partial charge in [0.05, 0.1) is 13.0 Å². The number of aliphatic carboxylic acids is 1. The molecule has 0 aliphatic carbocycles. The topological polar surface area (TPSA) is 92.7 Å². The van der Waals surface area contributed by atoms with Gasteiger partial charge in [-0.3, -0.25) is 9.59 Å². The lowest BCUT2D eigenvalue weighted by Crippen LogP contribution is -2.42. The Hall–Kier alpha value is -2.89. The van der Waals surface area contributed by atoms with Crippen LogP contribution < -0.4 is 5.32 Å². The highest BCUT2D eigenvalue weighted by molar-refractivity contribution is 5.88. The fourth-order valence-corrected chi connectivity index (χ4v) is 2.61. The van der Waals surface area contributed by atoms with Crippen molar-refractivity contribution < 1.29 is 24.2 Å². The summed E-state index contributed by atoms with van der Waals surface area (Å²) < 4.78 is 4.75. The van der Waals surface area contributed by atoms with Gasteiger partial charge in [-0.05, 0) is 23.3 Å². The van der Waals surface area contributed by atoms with Crippen molar-refractivity contribution in [3.05, 3.63) is 48.0 Å². The monoisotopic (exact) mass is 343 g/mol. The lowest BCUT2D eigenvalue weighted by molar-refractivity contribution is -0.144. The normalized spacial score (nSPS) is 11.7. The van der Waals surface area contributed by atoms with Crippen molar-refractivity contribution in [2.45, 2.75) is 32.2 Å². The molecule has 0 aliphatic heterocycles. The number of hydrogen-bond donors (Lipinski definition) is 2. The molecule has 1 amide bonds. The molecule has 0 aromatic heterocycles. The summed E-state index contributed by atoms with van der Waals surface area (Å²) in [6.07, 6.45) is 0.000262. The zero-order valence-corrected chi connectivity index (χ0v) is 14.0. The van der Waals surface area contributed by atoms with Crippen LogP contribution in [-0.4, -0.2) is 35.6 Å². The SMILES string of the molecule is CCOC(=O)CCC(=O)N[C@H](Cc1cccc2ccccc12)C(=O)O. The molecule has 0 radical (unpaired) electrons. The molecule has 2 N–H and O–H groups in total. The van der Waals surface area contributed by atoms with Gasteiger partial charge in [0.2, 0.25) is 5.91 Å². The molecule has 0 bridgehead atoms. The molecular weight excluding hydrogens is 322 g/mol. The fourth-order valence-electron chi connectivity index (χ4n) is 2.61. The van der Waals surface area contributed by atoms with Gasteiger partial charge < -0.3 is 15.2 Å². The molecule has 6 heteroatoms. The maximum Gasteiger partial charge on any atom is 0.326 e. The second-order valence-electron chi connectivity index (χ2n) is 5.61. The van der Waals surface area contributed by atoms with Crippen LogP contribution in [0, 0.1) is 0 Å². The smallest absolute Gasteiger partial charge is 0.326 e. The number of fused-ring (bicyclic) bond motifs is 1. The van der Waals surface area contributed by atoms with Gasteiger partial charge in [-0.15, -0.1) is 0 Å². The molecule has 6 nitrogen and oxygen atoms in total. The lowest BCUT2D eigenvalue weighted by atomic mass is 9.98. The van der Waals surface area contributed by atoms with Gasteiger partial charge in [-0.25, -0.2) is 4.79 Å². The zero-order valence-electron chi connectivity index (χ0n) is 14.0. The molecule has 0 fully saturated rings. The van der Waals surface area contributed by atoms with E-state index in [2.05, 4.69) is 5.32 Å². The Bertz CT molecular complexity index is 766. The third kappa shape index (κ3) is 5.31. The molecule has 0 spiro atoms.